The summed E-state index contributed by atoms with van der Waals surface area (Å²) < 4.78 is 1.90. The maximum absolute atomic E-state index is 4.25. The second-order valence-electron chi connectivity index (χ2n) is 5.67. The first-order valence-electron chi connectivity index (χ1n) is 7.50. The SMILES string of the molecule is CCCNC(CCc1cnn(C)c1)C1CCCC1. The van der Waals surface area contributed by atoms with E-state index in [-0.39, 0.29) is 0 Å². The van der Waals surface area contributed by atoms with Crippen molar-refractivity contribution in [2.45, 2.75) is 57.9 Å². The fourth-order valence-corrected chi connectivity index (χ4v) is 3.12. The van der Waals surface area contributed by atoms with Crippen LogP contribution in [0, 0.1) is 5.92 Å². The Hall–Kier alpha value is -0.830. The Labute approximate surface area is 111 Å². The van der Waals surface area contributed by atoms with E-state index >= 15 is 0 Å². The topological polar surface area (TPSA) is 29.9 Å². The molecule has 0 aromatic carbocycles. The summed E-state index contributed by atoms with van der Waals surface area (Å²) in [5, 5.41) is 8.01. The molecule has 0 bridgehead atoms. The predicted octanol–water partition coefficient (Wildman–Crippen LogP) is 2.91. The molecule has 3 heteroatoms. The number of nitrogens with one attached hydrogen (secondary N) is 1. The van der Waals surface area contributed by atoms with E-state index in [2.05, 4.69) is 23.5 Å². The van der Waals surface area contributed by atoms with E-state index < -0.39 is 0 Å². The Morgan fingerprint density at radius 2 is 2.22 bits per heavy atom. The molecular weight excluding hydrogens is 222 g/mol. The van der Waals surface area contributed by atoms with Crippen LogP contribution in [0.1, 0.15) is 51.0 Å². The van der Waals surface area contributed by atoms with E-state index in [0.717, 1.165) is 18.9 Å². The van der Waals surface area contributed by atoms with Gasteiger partial charge < -0.3 is 5.32 Å². The van der Waals surface area contributed by atoms with Crippen molar-refractivity contribution >= 4 is 0 Å². The number of rotatable bonds is 7. The molecule has 1 unspecified atom stereocenters. The first-order valence-corrected chi connectivity index (χ1v) is 7.50. The monoisotopic (exact) mass is 249 g/mol. The molecule has 1 aromatic rings. The van der Waals surface area contributed by atoms with Gasteiger partial charge in [-0.25, -0.2) is 0 Å². The van der Waals surface area contributed by atoms with E-state index in [0.29, 0.717) is 6.04 Å². The van der Waals surface area contributed by atoms with Gasteiger partial charge in [-0.2, -0.15) is 5.10 Å². The third-order valence-electron chi connectivity index (χ3n) is 4.13. The summed E-state index contributed by atoms with van der Waals surface area (Å²) in [5.74, 6) is 0.910. The molecule has 0 radical (unpaired) electrons. The first kappa shape index (κ1) is 13.6. The zero-order valence-electron chi connectivity index (χ0n) is 11.9. The summed E-state index contributed by atoms with van der Waals surface area (Å²) in [6.07, 6.45) is 13.5. The molecule has 0 saturated heterocycles. The maximum atomic E-state index is 4.25. The van der Waals surface area contributed by atoms with Crippen molar-refractivity contribution < 1.29 is 0 Å². The van der Waals surface area contributed by atoms with Crippen LogP contribution in [0.2, 0.25) is 0 Å². The molecule has 18 heavy (non-hydrogen) atoms. The lowest BCUT2D eigenvalue weighted by molar-refractivity contribution is 0.341. The van der Waals surface area contributed by atoms with Crippen LogP contribution in [0.3, 0.4) is 0 Å². The van der Waals surface area contributed by atoms with E-state index in [4.69, 9.17) is 0 Å². The molecule has 1 heterocycles. The summed E-state index contributed by atoms with van der Waals surface area (Å²) in [6.45, 7) is 3.41. The number of hydrogen-bond acceptors (Lipinski definition) is 2. The highest BCUT2D eigenvalue weighted by Gasteiger charge is 2.24. The second-order valence-corrected chi connectivity index (χ2v) is 5.67. The predicted molar refractivity (Wildman–Crippen MR) is 75.6 cm³/mol. The standard InChI is InChI=1S/C15H27N3/c1-3-10-16-15(14-6-4-5-7-14)9-8-13-11-17-18(2)12-13/h11-12,14-16H,3-10H2,1-2H3. The molecule has 1 saturated carbocycles. The molecule has 0 aliphatic heterocycles. The van der Waals surface area contributed by atoms with Crippen molar-refractivity contribution in [1.82, 2.24) is 15.1 Å². The van der Waals surface area contributed by atoms with Gasteiger partial charge >= 0.3 is 0 Å². The van der Waals surface area contributed by atoms with Crippen LogP contribution < -0.4 is 5.32 Å². The molecule has 102 valence electrons. The van der Waals surface area contributed by atoms with Crippen molar-refractivity contribution in [3.63, 3.8) is 0 Å². The van der Waals surface area contributed by atoms with Crippen molar-refractivity contribution in [1.29, 1.82) is 0 Å². The van der Waals surface area contributed by atoms with Gasteiger partial charge in [-0.1, -0.05) is 19.8 Å². The van der Waals surface area contributed by atoms with Crippen LogP contribution in [0.4, 0.5) is 0 Å². The number of hydrogen-bond donors (Lipinski definition) is 1. The lowest BCUT2D eigenvalue weighted by atomic mass is 9.93. The summed E-state index contributed by atoms with van der Waals surface area (Å²) in [6, 6.07) is 0.715. The van der Waals surface area contributed by atoms with E-state index in [1.54, 1.807) is 0 Å². The van der Waals surface area contributed by atoms with Gasteiger partial charge in [-0.05, 0) is 50.1 Å². The largest absolute Gasteiger partial charge is 0.314 e. The van der Waals surface area contributed by atoms with E-state index in [1.807, 2.05) is 17.9 Å². The van der Waals surface area contributed by atoms with Gasteiger partial charge in [0.15, 0.2) is 0 Å². The first-order chi connectivity index (χ1) is 8.79. The lowest BCUT2D eigenvalue weighted by Crippen LogP contribution is -2.36. The number of nitrogens with zero attached hydrogens (tertiary/aromatic N) is 2. The van der Waals surface area contributed by atoms with Crippen LogP contribution in [-0.2, 0) is 13.5 Å². The third kappa shape index (κ3) is 3.84. The highest BCUT2D eigenvalue weighted by Crippen LogP contribution is 2.29. The lowest BCUT2D eigenvalue weighted by Gasteiger charge is -2.24. The highest BCUT2D eigenvalue weighted by atomic mass is 15.2. The quantitative estimate of drug-likeness (QED) is 0.805. The van der Waals surface area contributed by atoms with Gasteiger partial charge in [-0.3, -0.25) is 4.68 Å². The van der Waals surface area contributed by atoms with Gasteiger partial charge in [0.1, 0.15) is 0 Å². The average molecular weight is 249 g/mol. The Morgan fingerprint density at radius 1 is 1.44 bits per heavy atom. The fraction of sp³-hybridized carbons (Fsp3) is 0.800. The van der Waals surface area contributed by atoms with Crippen LogP contribution in [0.5, 0.6) is 0 Å². The molecule has 0 spiro atoms. The zero-order chi connectivity index (χ0) is 12.8. The Kier molecular flexibility index (Phi) is 5.24. The molecule has 2 rings (SSSR count). The van der Waals surface area contributed by atoms with Gasteiger partial charge in [0.2, 0.25) is 0 Å². The molecule has 1 N–H and O–H groups in total. The number of aryl methyl sites for hydroxylation is 2. The summed E-state index contributed by atoms with van der Waals surface area (Å²) in [7, 11) is 1.99. The van der Waals surface area contributed by atoms with Gasteiger partial charge in [0.05, 0.1) is 6.20 Å². The van der Waals surface area contributed by atoms with Gasteiger partial charge in [-0.15, -0.1) is 0 Å². The molecular formula is C15H27N3. The molecule has 1 atom stereocenters. The van der Waals surface area contributed by atoms with Crippen LogP contribution in [0.15, 0.2) is 12.4 Å². The zero-order valence-corrected chi connectivity index (χ0v) is 11.9. The summed E-state index contributed by atoms with van der Waals surface area (Å²) >= 11 is 0. The van der Waals surface area contributed by atoms with Gasteiger partial charge in [0.25, 0.3) is 0 Å². The van der Waals surface area contributed by atoms with Crippen molar-refractivity contribution in [3.8, 4) is 0 Å². The minimum absolute atomic E-state index is 0.715. The highest BCUT2D eigenvalue weighted by molar-refractivity contribution is 5.04. The van der Waals surface area contributed by atoms with Crippen LogP contribution >= 0.6 is 0 Å². The van der Waals surface area contributed by atoms with Crippen LogP contribution in [-0.4, -0.2) is 22.4 Å². The molecule has 0 amide bonds. The van der Waals surface area contributed by atoms with E-state index in [9.17, 15) is 0 Å². The Morgan fingerprint density at radius 3 is 2.83 bits per heavy atom. The third-order valence-corrected chi connectivity index (χ3v) is 4.13. The van der Waals surface area contributed by atoms with E-state index in [1.165, 1.54) is 44.1 Å². The summed E-state index contributed by atoms with van der Waals surface area (Å²) in [4.78, 5) is 0. The minimum Gasteiger partial charge on any atom is -0.314 e. The second kappa shape index (κ2) is 6.93. The normalized spacial score (nSPS) is 18.3. The molecule has 1 aliphatic carbocycles. The molecule has 1 fully saturated rings. The van der Waals surface area contributed by atoms with Crippen molar-refractivity contribution in [2.24, 2.45) is 13.0 Å². The molecule has 1 aromatic heterocycles. The average Bonchev–Trinajstić information content (AvgIpc) is 3.01. The Bertz CT molecular complexity index is 339. The number of aromatic nitrogens is 2. The van der Waals surface area contributed by atoms with Crippen LogP contribution in [0.25, 0.3) is 0 Å². The van der Waals surface area contributed by atoms with Crippen molar-refractivity contribution in [3.05, 3.63) is 18.0 Å². The minimum atomic E-state index is 0.715. The van der Waals surface area contributed by atoms with Gasteiger partial charge in [0, 0.05) is 19.3 Å². The molecule has 3 nitrogen and oxygen atoms in total. The fourth-order valence-electron chi connectivity index (χ4n) is 3.12. The maximum Gasteiger partial charge on any atom is 0.0521 e. The molecule has 1 aliphatic rings. The Balaban J connectivity index is 1.83. The summed E-state index contributed by atoms with van der Waals surface area (Å²) in [5.41, 5.74) is 1.37. The van der Waals surface area contributed by atoms with Crippen molar-refractivity contribution in [2.75, 3.05) is 6.54 Å². The smallest absolute Gasteiger partial charge is 0.0521 e.